The predicted octanol–water partition coefficient (Wildman–Crippen LogP) is 1.65. The minimum Gasteiger partial charge on any atom is -0.396 e. The first kappa shape index (κ1) is 9.79. The molecule has 78 valence electrons. The zero-order chi connectivity index (χ0) is 10.7. The number of imidazole rings is 1. The fourth-order valence-electron chi connectivity index (χ4n) is 1.16. The summed E-state index contributed by atoms with van der Waals surface area (Å²) in [5.41, 5.74) is 6.24. The maximum Gasteiger partial charge on any atom is 0.149 e. The van der Waals surface area contributed by atoms with Crippen LogP contribution in [-0.4, -0.2) is 15.0 Å². The van der Waals surface area contributed by atoms with E-state index in [2.05, 4.69) is 20.3 Å². The Balaban J connectivity index is 2.05. The Labute approximate surface area is 91.7 Å². The number of pyridine rings is 1. The number of nitrogens with two attached hydrogens (primary N) is 1. The maximum absolute atomic E-state index is 5.73. The summed E-state index contributed by atoms with van der Waals surface area (Å²) in [6, 6.07) is 1.65. The summed E-state index contributed by atoms with van der Waals surface area (Å²) in [7, 11) is 0. The normalized spacial score (nSPS) is 10.2. The van der Waals surface area contributed by atoms with E-state index in [-0.39, 0.29) is 0 Å². The van der Waals surface area contributed by atoms with Crippen molar-refractivity contribution in [3.8, 4) is 0 Å². The van der Waals surface area contributed by atoms with E-state index in [1.807, 2.05) is 0 Å². The average molecular weight is 224 g/mol. The number of H-pyrrole nitrogens is 1. The van der Waals surface area contributed by atoms with Gasteiger partial charge < -0.3 is 16.0 Å². The van der Waals surface area contributed by atoms with Crippen LogP contribution in [0.25, 0.3) is 0 Å². The molecule has 0 bridgehead atoms. The van der Waals surface area contributed by atoms with Gasteiger partial charge in [-0.1, -0.05) is 11.6 Å². The van der Waals surface area contributed by atoms with E-state index < -0.39 is 0 Å². The maximum atomic E-state index is 5.73. The molecule has 2 heterocycles. The molecule has 0 atom stereocenters. The first-order valence-electron chi connectivity index (χ1n) is 4.39. The van der Waals surface area contributed by atoms with Gasteiger partial charge in [0.25, 0.3) is 0 Å². The van der Waals surface area contributed by atoms with Crippen molar-refractivity contribution in [1.82, 2.24) is 15.0 Å². The van der Waals surface area contributed by atoms with Gasteiger partial charge in [-0.2, -0.15) is 0 Å². The molecule has 15 heavy (non-hydrogen) atoms. The molecular weight excluding hydrogens is 214 g/mol. The Morgan fingerprint density at radius 2 is 2.33 bits per heavy atom. The van der Waals surface area contributed by atoms with Gasteiger partial charge in [0.05, 0.1) is 17.3 Å². The van der Waals surface area contributed by atoms with Crippen LogP contribution in [0.5, 0.6) is 0 Å². The van der Waals surface area contributed by atoms with Gasteiger partial charge in [-0.15, -0.1) is 0 Å². The van der Waals surface area contributed by atoms with Crippen molar-refractivity contribution in [2.45, 2.75) is 6.54 Å². The highest BCUT2D eigenvalue weighted by Gasteiger charge is 2.01. The number of hydrogen-bond acceptors (Lipinski definition) is 4. The Kier molecular flexibility index (Phi) is 2.73. The van der Waals surface area contributed by atoms with E-state index in [0.29, 0.717) is 23.1 Å². The second-order valence-electron chi connectivity index (χ2n) is 2.98. The van der Waals surface area contributed by atoms with Gasteiger partial charge in [-0.3, -0.25) is 0 Å². The number of hydrogen-bond donors (Lipinski definition) is 3. The number of rotatable bonds is 3. The molecule has 0 unspecified atom stereocenters. The van der Waals surface area contributed by atoms with Crippen molar-refractivity contribution in [1.29, 1.82) is 0 Å². The molecule has 0 amide bonds. The highest BCUT2D eigenvalue weighted by molar-refractivity contribution is 6.30. The zero-order valence-electron chi connectivity index (χ0n) is 7.87. The van der Waals surface area contributed by atoms with E-state index in [1.54, 1.807) is 24.7 Å². The van der Waals surface area contributed by atoms with Crippen LogP contribution >= 0.6 is 11.6 Å². The first-order chi connectivity index (χ1) is 7.25. The summed E-state index contributed by atoms with van der Waals surface area (Å²) >= 11 is 5.73. The van der Waals surface area contributed by atoms with Crippen molar-refractivity contribution in [2.75, 3.05) is 11.1 Å². The van der Waals surface area contributed by atoms with Crippen LogP contribution in [0.4, 0.5) is 11.5 Å². The van der Waals surface area contributed by atoms with Gasteiger partial charge in [0.2, 0.25) is 0 Å². The number of aromatic nitrogens is 3. The number of aromatic amines is 1. The van der Waals surface area contributed by atoms with Gasteiger partial charge in [0.1, 0.15) is 11.6 Å². The second kappa shape index (κ2) is 4.18. The Morgan fingerprint density at radius 1 is 1.47 bits per heavy atom. The lowest BCUT2D eigenvalue weighted by Crippen LogP contribution is -2.05. The lowest BCUT2D eigenvalue weighted by atomic mass is 10.4. The number of nitrogens with one attached hydrogen (secondary N) is 2. The largest absolute Gasteiger partial charge is 0.396 e. The third kappa shape index (κ3) is 2.38. The fraction of sp³-hybridized carbons (Fsp3) is 0.111. The summed E-state index contributed by atoms with van der Waals surface area (Å²) in [5.74, 6) is 1.43. The van der Waals surface area contributed by atoms with E-state index in [1.165, 1.54) is 0 Å². The van der Waals surface area contributed by atoms with Crippen LogP contribution in [0.2, 0.25) is 5.02 Å². The summed E-state index contributed by atoms with van der Waals surface area (Å²) < 4.78 is 0. The quantitative estimate of drug-likeness (QED) is 0.739. The molecule has 2 aromatic heterocycles. The molecule has 0 aliphatic carbocycles. The summed E-state index contributed by atoms with van der Waals surface area (Å²) in [6.07, 6.45) is 4.99. The molecule has 2 rings (SSSR count). The second-order valence-corrected chi connectivity index (χ2v) is 3.42. The molecule has 0 aliphatic heterocycles. The summed E-state index contributed by atoms with van der Waals surface area (Å²) in [5, 5.41) is 3.58. The SMILES string of the molecule is Nc1cc(Cl)cnc1NCc1ncc[nH]1. The Bertz CT molecular complexity index is 440. The fourth-order valence-corrected chi connectivity index (χ4v) is 1.33. The third-order valence-corrected chi connectivity index (χ3v) is 2.07. The van der Waals surface area contributed by atoms with Gasteiger partial charge in [-0.25, -0.2) is 9.97 Å². The number of halogens is 1. The molecule has 4 N–H and O–H groups in total. The standard InChI is InChI=1S/C9H10ClN5/c10-6-3-7(11)9(14-4-6)15-5-8-12-1-2-13-8/h1-4H,5,11H2,(H,12,13)(H,14,15). The smallest absolute Gasteiger partial charge is 0.149 e. The van der Waals surface area contributed by atoms with E-state index in [4.69, 9.17) is 17.3 Å². The number of nitrogen functional groups attached to an aromatic ring is 1. The average Bonchev–Trinajstić information content (AvgIpc) is 2.69. The van der Waals surface area contributed by atoms with Crippen LogP contribution in [-0.2, 0) is 6.54 Å². The van der Waals surface area contributed by atoms with Gasteiger partial charge >= 0.3 is 0 Å². The van der Waals surface area contributed by atoms with Crippen molar-refractivity contribution in [2.24, 2.45) is 0 Å². The van der Waals surface area contributed by atoms with Gasteiger partial charge in [0.15, 0.2) is 0 Å². The van der Waals surface area contributed by atoms with E-state index >= 15 is 0 Å². The van der Waals surface area contributed by atoms with E-state index in [0.717, 1.165) is 5.82 Å². The topological polar surface area (TPSA) is 79.6 Å². The third-order valence-electron chi connectivity index (χ3n) is 1.86. The monoisotopic (exact) mass is 223 g/mol. The number of nitrogens with zero attached hydrogens (tertiary/aromatic N) is 2. The Hall–Kier alpha value is -1.75. The molecule has 6 heteroatoms. The van der Waals surface area contributed by atoms with E-state index in [9.17, 15) is 0 Å². The molecule has 0 aliphatic rings. The molecule has 0 saturated carbocycles. The van der Waals surface area contributed by atoms with Crippen molar-refractivity contribution < 1.29 is 0 Å². The predicted molar refractivity (Wildman–Crippen MR) is 59.6 cm³/mol. The highest BCUT2D eigenvalue weighted by atomic mass is 35.5. The van der Waals surface area contributed by atoms with Crippen LogP contribution in [0.1, 0.15) is 5.82 Å². The molecule has 0 fully saturated rings. The molecule has 0 radical (unpaired) electrons. The molecule has 0 aromatic carbocycles. The van der Waals surface area contributed by atoms with Crippen molar-refractivity contribution in [3.63, 3.8) is 0 Å². The van der Waals surface area contributed by atoms with Crippen molar-refractivity contribution in [3.05, 3.63) is 35.5 Å². The summed E-state index contributed by atoms with van der Waals surface area (Å²) in [4.78, 5) is 11.1. The van der Waals surface area contributed by atoms with Crippen LogP contribution in [0.3, 0.4) is 0 Å². The summed E-state index contributed by atoms with van der Waals surface area (Å²) in [6.45, 7) is 0.547. The lowest BCUT2D eigenvalue weighted by molar-refractivity contribution is 0.989. The first-order valence-corrected chi connectivity index (χ1v) is 4.76. The molecule has 5 nitrogen and oxygen atoms in total. The number of anilines is 2. The molecule has 0 spiro atoms. The van der Waals surface area contributed by atoms with Crippen LogP contribution in [0.15, 0.2) is 24.7 Å². The molecular formula is C9H10ClN5. The van der Waals surface area contributed by atoms with Crippen LogP contribution in [0, 0.1) is 0 Å². The minimum atomic E-state index is 0.522. The van der Waals surface area contributed by atoms with Gasteiger partial charge in [0, 0.05) is 18.6 Å². The van der Waals surface area contributed by atoms with Crippen LogP contribution < -0.4 is 11.1 Å². The molecule has 0 saturated heterocycles. The van der Waals surface area contributed by atoms with Crippen molar-refractivity contribution >= 4 is 23.1 Å². The zero-order valence-corrected chi connectivity index (χ0v) is 8.62. The Morgan fingerprint density at radius 3 is 3.00 bits per heavy atom. The minimum absolute atomic E-state index is 0.522. The molecule has 2 aromatic rings. The van der Waals surface area contributed by atoms with Gasteiger partial charge in [-0.05, 0) is 6.07 Å². The lowest BCUT2D eigenvalue weighted by Gasteiger charge is -2.06. The highest BCUT2D eigenvalue weighted by Crippen LogP contribution is 2.19.